The second kappa shape index (κ2) is 8.21. The Morgan fingerprint density at radius 2 is 1.66 bits per heavy atom. The molecule has 0 saturated carbocycles. The van der Waals surface area contributed by atoms with E-state index in [1.54, 1.807) is 7.05 Å². The third-order valence-corrected chi connectivity index (χ3v) is 6.62. The second-order valence-electron chi connectivity index (χ2n) is 7.53. The molecular weight excluding hydrogens is 380 g/mol. The van der Waals surface area contributed by atoms with E-state index in [4.69, 9.17) is 0 Å². The number of carbonyl (C=O) groups is 2. The lowest BCUT2D eigenvalue weighted by Gasteiger charge is -2.18. The Bertz CT molecular complexity index is 1040. The van der Waals surface area contributed by atoms with Gasteiger partial charge in [0, 0.05) is 17.5 Å². The van der Waals surface area contributed by atoms with Gasteiger partial charge in [-0.15, -0.1) is 11.3 Å². The molecule has 1 unspecified atom stereocenters. The fourth-order valence-electron chi connectivity index (χ4n) is 3.82. The molecule has 29 heavy (non-hydrogen) atoms. The first-order valence-electron chi connectivity index (χ1n) is 9.90. The van der Waals surface area contributed by atoms with Crippen molar-refractivity contribution < 1.29 is 9.59 Å². The maximum atomic E-state index is 12.9. The van der Waals surface area contributed by atoms with Crippen molar-refractivity contribution in [1.82, 2.24) is 5.32 Å². The summed E-state index contributed by atoms with van der Waals surface area (Å²) in [7, 11) is 1.63. The average molecular weight is 405 g/mol. The fourth-order valence-corrected chi connectivity index (χ4v) is 5.23. The molecule has 0 fully saturated rings. The van der Waals surface area contributed by atoms with Gasteiger partial charge in [0.1, 0.15) is 5.00 Å². The van der Waals surface area contributed by atoms with Crippen LogP contribution in [0.5, 0.6) is 0 Å². The van der Waals surface area contributed by atoms with Crippen LogP contribution in [-0.2, 0) is 12.8 Å². The molecule has 4 nitrogen and oxygen atoms in total. The van der Waals surface area contributed by atoms with Gasteiger partial charge in [-0.2, -0.15) is 0 Å². The van der Waals surface area contributed by atoms with Gasteiger partial charge < -0.3 is 10.6 Å². The number of anilines is 1. The van der Waals surface area contributed by atoms with E-state index in [2.05, 4.69) is 17.6 Å². The molecule has 1 aromatic heterocycles. The molecule has 5 heteroatoms. The minimum absolute atomic E-state index is 0.133. The Labute approximate surface area is 175 Å². The number of nitrogens with one attached hydrogen (secondary N) is 2. The summed E-state index contributed by atoms with van der Waals surface area (Å²) in [4.78, 5) is 26.6. The molecule has 148 valence electrons. The molecule has 1 aliphatic rings. The molecule has 2 aromatic carbocycles. The van der Waals surface area contributed by atoms with E-state index in [0.29, 0.717) is 22.0 Å². The average Bonchev–Trinajstić information content (AvgIpc) is 3.10. The molecule has 3 aromatic rings. The van der Waals surface area contributed by atoms with E-state index in [1.165, 1.54) is 16.2 Å². The third kappa shape index (κ3) is 3.96. The Morgan fingerprint density at radius 3 is 2.34 bits per heavy atom. The fraction of sp³-hybridized carbons (Fsp3) is 0.250. The zero-order chi connectivity index (χ0) is 20.4. The van der Waals surface area contributed by atoms with Gasteiger partial charge in [0.05, 0.1) is 5.56 Å². The molecule has 1 atom stereocenters. The van der Waals surface area contributed by atoms with Crippen molar-refractivity contribution in [3.8, 4) is 11.1 Å². The minimum atomic E-state index is -0.193. The monoisotopic (exact) mass is 404 g/mol. The quantitative estimate of drug-likeness (QED) is 0.632. The van der Waals surface area contributed by atoms with Gasteiger partial charge in [-0.25, -0.2) is 0 Å². The van der Waals surface area contributed by atoms with Crippen molar-refractivity contribution in [1.29, 1.82) is 0 Å². The molecule has 0 radical (unpaired) electrons. The van der Waals surface area contributed by atoms with Gasteiger partial charge in [0.25, 0.3) is 11.8 Å². The summed E-state index contributed by atoms with van der Waals surface area (Å²) in [6, 6.07) is 17.6. The number of fused-ring (bicyclic) bond motifs is 1. The first kappa shape index (κ1) is 19.4. The molecule has 4 rings (SSSR count). The molecule has 1 heterocycles. The van der Waals surface area contributed by atoms with E-state index in [9.17, 15) is 9.59 Å². The maximum Gasteiger partial charge on any atom is 0.256 e. The van der Waals surface area contributed by atoms with E-state index < -0.39 is 0 Å². The second-order valence-corrected chi connectivity index (χ2v) is 8.64. The topological polar surface area (TPSA) is 58.2 Å². The van der Waals surface area contributed by atoms with Crippen LogP contribution in [0.4, 0.5) is 5.00 Å². The molecule has 1 aliphatic carbocycles. The first-order chi connectivity index (χ1) is 14.1. The Morgan fingerprint density at radius 1 is 0.966 bits per heavy atom. The van der Waals surface area contributed by atoms with Crippen molar-refractivity contribution >= 4 is 28.2 Å². The van der Waals surface area contributed by atoms with Crippen LogP contribution in [0.2, 0.25) is 0 Å². The van der Waals surface area contributed by atoms with Crippen LogP contribution in [0.3, 0.4) is 0 Å². The highest BCUT2D eigenvalue weighted by Crippen LogP contribution is 2.39. The molecule has 0 saturated heterocycles. The summed E-state index contributed by atoms with van der Waals surface area (Å²) < 4.78 is 0. The molecule has 2 N–H and O–H groups in total. The molecule has 0 spiro atoms. The molecule has 2 amide bonds. The number of rotatable bonds is 4. The predicted octanol–water partition coefficient (Wildman–Crippen LogP) is 5.15. The van der Waals surface area contributed by atoms with Gasteiger partial charge in [0.2, 0.25) is 0 Å². The highest BCUT2D eigenvalue weighted by molar-refractivity contribution is 7.17. The number of carbonyl (C=O) groups excluding carboxylic acids is 2. The third-order valence-electron chi connectivity index (χ3n) is 5.45. The number of amides is 2. The van der Waals surface area contributed by atoms with Gasteiger partial charge >= 0.3 is 0 Å². The Kier molecular flexibility index (Phi) is 5.49. The highest BCUT2D eigenvalue weighted by Gasteiger charge is 2.28. The maximum absolute atomic E-state index is 12.9. The zero-order valence-electron chi connectivity index (χ0n) is 16.6. The lowest BCUT2D eigenvalue weighted by atomic mass is 9.88. The molecule has 0 aliphatic heterocycles. The first-order valence-corrected chi connectivity index (χ1v) is 10.7. The van der Waals surface area contributed by atoms with E-state index in [-0.39, 0.29) is 11.8 Å². The normalized spacial score (nSPS) is 15.4. The standard InChI is InChI=1S/C24H24N2O2S/c1-15-8-13-19-20(14-15)29-24(21(19)23(28)25-2)26-22(27)18-11-9-17(10-12-18)16-6-4-3-5-7-16/h3-7,9-12,15H,8,13-14H2,1-2H3,(H,25,28)(H,26,27). The van der Waals surface area contributed by atoms with Crippen LogP contribution < -0.4 is 10.6 Å². The Hall–Kier alpha value is -2.92. The highest BCUT2D eigenvalue weighted by atomic mass is 32.1. The van der Waals surface area contributed by atoms with Crippen molar-refractivity contribution in [3.63, 3.8) is 0 Å². The summed E-state index contributed by atoms with van der Waals surface area (Å²) in [5.74, 6) is 0.279. The van der Waals surface area contributed by atoms with Gasteiger partial charge in [-0.3, -0.25) is 9.59 Å². The molecular formula is C24H24N2O2S. The van der Waals surface area contributed by atoms with Crippen LogP contribution >= 0.6 is 11.3 Å². The van der Waals surface area contributed by atoms with Crippen LogP contribution in [0.25, 0.3) is 11.1 Å². The summed E-state index contributed by atoms with van der Waals surface area (Å²) in [5.41, 5.74) is 4.48. The lowest BCUT2D eigenvalue weighted by Crippen LogP contribution is -2.22. The lowest BCUT2D eigenvalue weighted by molar-refractivity contribution is 0.0963. The van der Waals surface area contributed by atoms with E-state index >= 15 is 0 Å². The van der Waals surface area contributed by atoms with Crippen molar-refractivity contribution in [2.24, 2.45) is 5.92 Å². The number of benzene rings is 2. The summed E-state index contributed by atoms with van der Waals surface area (Å²) in [6.45, 7) is 2.23. The summed E-state index contributed by atoms with van der Waals surface area (Å²) in [5, 5.41) is 6.37. The van der Waals surface area contributed by atoms with Crippen LogP contribution in [0.15, 0.2) is 54.6 Å². The Balaban J connectivity index is 1.59. The van der Waals surface area contributed by atoms with Gasteiger partial charge in [-0.05, 0) is 54.0 Å². The van der Waals surface area contributed by atoms with Crippen molar-refractivity contribution in [2.75, 3.05) is 12.4 Å². The van der Waals surface area contributed by atoms with Crippen molar-refractivity contribution in [3.05, 3.63) is 76.2 Å². The zero-order valence-corrected chi connectivity index (χ0v) is 17.4. The van der Waals surface area contributed by atoms with Crippen LogP contribution in [0.1, 0.15) is 44.5 Å². The largest absolute Gasteiger partial charge is 0.355 e. The summed E-state index contributed by atoms with van der Waals surface area (Å²) >= 11 is 1.54. The summed E-state index contributed by atoms with van der Waals surface area (Å²) in [6.07, 6.45) is 2.92. The number of hydrogen-bond donors (Lipinski definition) is 2. The van der Waals surface area contributed by atoms with Gasteiger partial charge in [0.15, 0.2) is 0 Å². The molecule has 0 bridgehead atoms. The predicted molar refractivity (Wildman–Crippen MR) is 119 cm³/mol. The number of thiophene rings is 1. The van der Waals surface area contributed by atoms with Gasteiger partial charge in [-0.1, -0.05) is 49.4 Å². The van der Waals surface area contributed by atoms with Crippen LogP contribution in [-0.4, -0.2) is 18.9 Å². The van der Waals surface area contributed by atoms with E-state index in [1.807, 2.05) is 54.6 Å². The van der Waals surface area contributed by atoms with E-state index in [0.717, 1.165) is 36.0 Å². The smallest absolute Gasteiger partial charge is 0.256 e. The van der Waals surface area contributed by atoms with Crippen molar-refractivity contribution in [2.45, 2.75) is 26.2 Å². The minimum Gasteiger partial charge on any atom is -0.355 e. The van der Waals surface area contributed by atoms with Crippen LogP contribution in [0, 0.1) is 5.92 Å². The number of hydrogen-bond acceptors (Lipinski definition) is 3. The SMILES string of the molecule is CNC(=O)c1c(NC(=O)c2ccc(-c3ccccc3)cc2)sc2c1CCC(C)C2.